The van der Waals surface area contributed by atoms with Crippen LogP contribution in [0.4, 0.5) is 5.69 Å². The summed E-state index contributed by atoms with van der Waals surface area (Å²) in [7, 11) is 1.55. The van der Waals surface area contributed by atoms with Gasteiger partial charge in [-0.15, -0.1) is 0 Å². The van der Waals surface area contributed by atoms with Crippen molar-refractivity contribution in [2.24, 2.45) is 0 Å². The average molecular weight is 315 g/mol. The lowest BCUT2D eigenvalue weighted by atomic mass is 10.1. The van der Waals surface area contributed by atoms with E-state index in [2.05, 4.69) is 0 Å². The molecule has 0 aliphatic carbocycles. The number of carbonyl (C=O) groups excluding carboxylic acids is 1. The van der Waals surface area contributed by atoms with Crippen LogP contribution in [0.15, 0.2) is 42.5 Å². The Balaban J connectivity index is 1.95. The molecular weight excluding hydrogens is 298 g/mol. The quantitative estimate of drug-likeness (QED) is 0.464. The topological polar surface area (TPSA) is 78.7 Å². The summed E-state index contributed by atoms with van der Waals surface area (Å²) in [5.74, 6) is 0.259. The lowest BCUT2D eigenvalue weighted by molar-refractivity contribution is -0.384. The molecule has 0 unspecified atom stereocenters. The van der Waals surface area contributed by atoms with Gasteiger partial charge < -0.3 is 9.47 Å². The summed E-state index contributed by atoms with van der Waals surface area (Å²) >= 11 is 0. The van der Waals surface area contributed by atoms with Gasteiger partial charge in [0.25, 0.3) is 5.69 Å². The number of nitro benzene ring substituents is 1. The van der Waals surface area contributed by atoms with E-state index in [9.17, 15) is 14.9 Å². The van der Waals surface area contributed by atoms with Gasteiger partial charge in [0.1, 0.15) is 12.4 Å². The van der Waals surface area contributed by atoms with Crippen molar-refractivity contribution in [1.82, 2.24) is 0 Å². The van der Waals surface area contributed by atoms with Crippen molar-refractivity contribution in [2.75, 3.05) is 7.11 Å². The fraction of sp³-hybridized carbons (Fsp3) is 0.235. The number of rotatable bonds is 6. The van der Waals surface area contributed by atoms with Crippen molar-refractivity contribution in [2.45, 2.75) is 20.0 Å². The molecule has 0 heterocycles. The maximum absolute atomic E-state index is 12.0. The van der Waals surface area contributed by atoms with Crippen molar-refractivity contribution in [3.05, 3.63) is 69.3 Å². The molecule has 0 aliphatic heterocycles. The van der Waals surface area contributed by atoms with Gasteiger partial charge in [-0.2, -0.15) is 0 Å². The normalized spacial score (nSPS) is 10.2. The first-order valence-corrected chi connectivity index (χ1v) is 7.02. The predicted octanol–water partition coefficient (Wildman–Crippen LogP) is 3.20. The minimum Gasteiger partial charge on any atom is -0.496 e. The molecule has 0 bridgehead atoms. The van der Waals surface area contributed by atoms with Crippen LogP contribution in [-0.2, 0) is 22.6 Å². The van der Waals surface area contributed by atoms with Gasteiger partial charge in [0, 0.05) is 17.7 Å². The second kappa shape index (κ2) is 7.40. The van der Waals surface area contributed by atoms with Crippen molar-refractivity contribution in [3.8, 4) is 5.75 Å². The fourth-order valence-electron chi connectivity index (χ4n) is 2.13. The number of aryl methyl sites for hydroxylation is 1. The van der Waals surface area contributed by atoms with E-state index < -0.39 is 4.92 Å². The van der Waals surface area contributed by atoms with Crippen LogP contribution in [0.3, 0.4) is 0 Å². The van der Waals surface area contributed by atoms with Crippen LogP contribution in [0, 0.1) is 17.0 Å². The number of methoxy groups -OCH3 is 1. The van der Waals surface area contributed by atoms with E-state index in [1.165, 1.54) is 12.1 Å². The number of benzene rings is 2. The van der Waals surface area contributed by atoms with Gasteiger partial charge in [-0.3, -0.25) is 14.9 Å². The molecule has 0 fully saturated rings. The smallest absolute Gasteiger partial charge is 0.310 e. The maximum atomic E-state index is 12.0. The molecular formula is C17H17NO5. The van der Waals surface area contributed by atoms with Crippen LogP contribution >= 0.6 is 0 Å². The molecule has 6 heteroatoms. The monoisotopic (exact) mass is 315 g/mol. The summed E-state index contributed by atoms with van der Waals surface area (Å²) in [6.07, 6.45) is 0.109. The van der Waals surface area contributed by atoms with E-state index in [4.69, 9.17) is 9.47 Å². The SMILES string of the molecule is COc1ccc(C)cc1CC(=O)OCc1ccc([N+](=O)[O-])cc1. The highest BCUT2D eigenvalue weighted by Gasteiger charge is 2.11. The number of carbonyl (C=O) groups is 1. The molecule has 2 aromatic rings. The standard InChI is InChI=1S/C17H17NO5/c1-12-3-8-16(22-2)14(9-12)10-17(19)23-11-13-4-6-15(7-5-13)18(20)21/h3-9H,10-11H2,1-2H3. The van der Waals surface area contributed by atoms with Crippen LogP contribution in [0.5, 0.6) is 5.75 Å². The van der Waals surface area contributed by atoms with Gasteiger partial charge in [-0.25, -0.2) is 0 Å². The van der Waals surface area contributed by atoms with Gasteiger partial charge in [-0.05, 0) is 30.7 Å². The van der Waals surface area contributed by atoms with Gasteiger partial charge in [-0.1, -0.05) is 17.7 Å². The average Bonchev–Trinajstić information content (AvgIpc) is 2.53. The molecule has 0 aromatic heterocycles. The molecule has 6 nitrogen and oxygen atoms in total. The summed E-state index contributed by atoms with van der Waals surface area (Å²) in [6, 6.07) is 11.5. The molecule has 0 atom stereocenters. The summed E-state index contributed by atoms with van der Waals surface area (Å²) in [5.41, 5.74) is 2.50. The Morgan fingerprint density at radius 2 is 1.87 bits per heavy atom. The van der Waals surface area contributed by atoms with Crippen LogP contribution < -0.4 is 4.74 Å². The fourth-order valence-corrected chi connectivity index (χ4v) is 2.13. The zero-order chi connectivity index (χ0) is 16.8. The van der Waals surface area contributed by atoms with E-state index in [1.54, 1.807) is 19.2 Å². The number of non-ortho nitro benzene ring substituents is 1. The van der Waals surface area contributed by atoms with Gasteiger partial charge in [0.05, 0.1) is 18.5 Å². The molecule has 0 spiro atoms. The van der Waals surface area contributed by atoms with E-state index in [0.29, 0.717) is 11.3 Å². The number of esters is 1. The third kappa shape index (κ3) is 4.54. The third-order valence-electron chi connectivity index (χ3n) is 3.32. The molecule has 2 aromatic carbocycles. The third-order valence-corrected chi connectivity index (χ3v) is 3.32. The molecule has 23 heavy (non-hydrogen) atoms. The summed E-state index contributed by atoms with van der Waals surface area (Å²) < 4.78 is 10.4. The highest BCUT2D eigenvalue weighted by molar-refractivity contribution is 5.73. The zero-order valence-corrected chi connectivity index (χ0v) is 12.9. The Morgan fingerprint density at radius 3 is 2.48 bits per heavy atom. The van der Waals surface area contributed by atoms with Gasteiger partial charge >= 0.3 is 5.97 Å². The molecule has 0 saturated heterocycles. The maximum Gasteiger partial charge on any atom is 0.310 e. The van der Waals surface area contributed by atoms with Crippen molar-refractivity contribution >= 4 is 11.7 Å². The van der Waals surface area contributed by atoms with Crippen LogP contribution in [0.25, 0.3) is 0 Å². The number of hydrogen-bond acceptors (Lipinski definition) is 5. The lowest BCUT2D eigenvalue weighted by Gasteiger charge is -2.09. The Morgan fingerprint density at radius 1 is 1.17 bits per heavy atom. The Kier molecular flexibility index (Phi) is 5.30. The van der Waals surface area contributed by atoms with E-state index in [-0.39, 0.29) is 24.7 Å². The number of nitrogens with zero attached hydrogens (tertiary/aromatic N) is 1. The highest BCUT2D eigenvalue weighted by Crippen LogP contribution is 2.20. The number of ether oxygens (including phenoxy) is 2. The van der Waals surface area contributed by atoms with E-state index in [1.807, 2.05) is 25.1 Å². The first-order chi connectivity index (χ1) is 11.0. The first kappa shape index (κ1) is 16.5. The molecule has 0 aliphatic rings. The minimum absolute atomic E-state index is 0.00423. The first-order valence-electron chi connectivity index (χ1n) is 7.02. The van der Waals surface area contributed by atoms with Gasteiger partial charge in [0.15, 0.2) is 0 Å². The predicted molar refractivity (Wildman–Crippen MR) is 84.3 cm³/mol. The summed E-state index contributed by atoms with van der Waals surface area (Å²) in [6.45, 7) is 2.01. The second-order valence-electron chi connectivity index (χ2n) is 5.08. The van der Waals surface area contributed by atoms with Crippen LogP contribution in [-0.4, -0.2) is 18.0 Å². The second-order valence-corrected chi connectivity index (χ2v) is 5.08. The van der Waals surface area contributed by atoms with Crippen molar-refractivity contribution < 1.29 is 19.2 Å². The molecule has 0 radical (unpaired) electrons. The Labute approximate surface area is 133 Å². The minimum atomic E-state index is -0.472. The Hall–Kier alpha value is -2.89. The molecule has 120 valence electrons. The van der Waals surface area contributed by atoms with Crippen molar-refractivity contribution in [1.29, 1.82) is 0 Å². The largest absolute Gasteiger partial charge is 0.496 e. The summed E-state index contributed by atoms with van der Waals surface area (Å²) in [5, 5.41) is 10.6. The van der Waals surface area contributed by atoms with E-state index in [0.717, 1.165) is 11.1 Å². The van der Waals surface area contributed by atoms with E-state index >= 15 is 0 Å². The molecule has 0 N–H and O–H groups in total. The molecule has 0 amide bonds. The van der Waals surface area contributed by atoms with Crippen LogP contribution in [0.2, 0.25) is 0 Å². The summed E-state index contributed by atoms with van der Waals surface area (Å²) in [4.78, 5) is 22.1. The van der Waals surface area contributed by atoms with Crippen molar-refractivity contribution in [3.63, 3.8) is 0 Å². The lowest BCUT2D eigenvalue weighted by Crippen LogP contribution is -2.09. The number of nitro groups is 1. The van der Waals surface area contributed by atoms with Gasteiger partial charge in [0.2, 0.25) is 0 Å². The highest BCUT2D eigenvalue weighted by atomic mass is 16.6. The molecule has 0 saturated carbocycles. The Bertz CT molecular complexity index is 709. The number of hydrogen-bond donors (Lipinski definition) is 0. The van der Waals surface area contributed by atoms with Crippen LogP contribution in [0.1, 0.15) is 16.7 Å². The molecule has 2 rings (SSSR count). The zero-order valence-electron chi connectivity index (χ0n) is 12.9.